The van der Waals surface area contributed by atoms with E-state index in [0.29, 0.717) is 0 Å². The molecule has 0 fully saturated rings. The lowest BCUT2D eigenvalue weighted by molar-refractivity contribution is 0.259. The van der Waals surface area contributed by atoms with Gasteiger partial charge in [0.2, 0.25) is 0 Å². The average Bonchev–Trinajstić information content (AvgIpc) is 2.10. The van der Waals surface area contributed by atoms with Crippen LogP contribution in [0.5, 0.6) is 0 Å². The van der Waals surface area contributed by atoms with E-state index in [1.165, 1.54) is 32.1 Å². The maximum atomic E-state index is 8.44. The zero-order valence-electron chi connectivity index (χ0n) is 8.47. The first-order valence-electron chi connectivity index (χ1n) is 5.12. The molecule has 0 aromatic carbocycles. The van der Waals surface area contributed by atoms with Crippen molar-refractivity contribution >= 4 is 0 Å². The molecule has 0 bridgehead atoms. The van der Waals surface area contributed by atoms with Crippen LogP contribution in [0, 0.1) is 5.92 Å². The van der Waals surface area contributed by atoms with Gasteiger partial charge in [0.25, 0.3) is 0 Å². The number of nitrogens with one attached hydrogen (secondary N) is 1. The summed E-state index contributed by atoms with van der Waals surface area (Å²) in [5, 5.41) is 11.3. The van der Waals surface area contributed by atoms with Gasteiger partial charge in [-0.25, -0.2) is 0 Å². The lowest BCUT2D eigenvalue weighted by atomic mass is 10.0. The number of hydrogen-bond donors (Lipinski definition) is 2. The van der Waals surface area contributed by atoms with Gasteiger partial charge in [-0.3, -0.25) is 5.32 Å². The molecule has 0 radical (unpaired) electrons. The van der Waals surface area contributed by atoms with Crippen molar-refractivity contribution in [2.45, 2.75) is 46.0 Å². The Morgan fingerprint density at radius 2 is 2.00 bits per heavy atom. The molecular weight excluding hydrogens is 150 g/mol. The van der Waals surface area contributed by atoms with E-state index in [-0.39, 0.29) is 6.73 Å². The van der Waals surface area contributed by atoms with Crippen molar-refractivity contribution in [3.8, 4) is 0 Å². The van der Waals surface area contributed by atoms with Crippen molar-refractivity contribution in [1.82, 2.24) is 5.32 Å². The van der Waals surface area contributed by atoms with Gasteiger partial charge >= 0.3 is 0 Å². The monoisotopic (exact) mass is 173 g/mol. The van der Waals surface area contributed by atoms with E-state index in [4.69, 9.17) is 5.11 Å². The van der Waals surface area contributed by atoms with Crippen molar-refractivity contribution in [3.63, 3.8) is 0 Å². The predicted octanol–water partition coefficient (Wildman–Crippen LogP) is 2.13. The van der Waals surface area contributed by atoms with Crippen LogP contribution in [-0.2, 0) is 0 Å². The molecule has 2 heteroatoms. The minimum Gasteiger partial charge on any atom is -0.381 e. The summed E-state index contributed by atoms with van der Waals surface area (Å²) in [7, 11) is 0. The Morgan fingerprint density at radius 1 is 1.25 bits per heavy atom. The van der Waals surface area contributed by atoms with Gasteiger partial charge in [0.05, 0.1) is 6.73 Å². The number of rotatable bonds is 8. The number of aliphatic hydroxyl groups excluding tert-OH is 1. The third-order valence-electron chi connectivity index (χ3n) is 2.36. The first kappa shape index (κ1) is 11.9. The van der Waals surface area contributed by atoms with Crippen LogP contribution in [0.1, 0.15) is 46.0 Å². The first-order valence-corrected chi connectivity index (χ1v) is 5.12. The molecule has 2 nitrogen and oxygen atoms in total. The smallest absolute Gasteiger partial charge is 0.0931 e. The lowest BCUT2D eigenvalue weighted by Crippen LogP contribution is -2.15. The van der Waals surface area contributed by atoms with Crippen LogP contribution in [0.3, 0.4) is 0 Å². The van der Waals surface area contributed by atoms with Crippen LogP contribution in [-0.4, -0.2) is 18.4 Å². The second-order valence-electron chi connectivity index (χ2n) is 3.52. The van der Waals surface area contributed by atoms with Gasteiger partial charge in [0, 0.05) is 0 Å². The second-order valence-corrected chi connectivity index (χ2v) is 3.52. The van der Waals surface area contributed by atoms with Crippen LogP contribution < -0.4 is 5.32 Å². The standard InChI is InChI=1S/C10H23NO/c1-3-10(2)7-5-4-6-8-11-9-12/h10-12H,3-9H2,1-2H3. The molecule has 2 N–H and O–H groups in total. The second kappa shape index (κ2) is 9.01. The fourth-order valence-electron chi connectivity index (χ4n) is 1.20. The highest BCUT2D eigenvalue weighted by Crippen LogP contribution is 2.11. The largest absolute Gasteiger partial charge is 0.381 e. The van der Waals surface area contributed by atoms with Crippen LogP contribution in [0.15, 0.2) is 0 Å². The summed E-state index contributed by atoms with van der Waals surface area (Å²) < 4.78 is 0. The molecule has 0 heterocycles. The van der Waals surface area contributed by atoms with Crippen LogP contribution in [0.25, 0.3) is 0 Å². The number of aliphatic hydroxyl groups is 1. The fourth-order valence-corrected chi connectivity index (χ4v) is 1.20. The summed E-state index contributed by atoms with van der Waals surface area (Å²) >= 11 is 0. The average molecular weight is 173 g/mol. The minimum absolute atomic E-state index is 0.116. The SMILES string of the molecule is CCC(C)CCCCCNCO. The Morgan fingerprint density at radius 3 is 2.58 bits per heavy atom. The van der Waals surface area contributed by atoms with E-state index >= 15 is 0 Å². The molecule has 1 unspecified atom stereocenters. The molecule has 0 spiro atoms. The highest BCUT2D eigenvalue weighted by atomic mass is 16.3. The fraction of sp³-hybridized carbons (Fsp3) is 1.00. The van der Waals surface area contributed by atoms with E-state index in [0.717, 1.165) is 12.5 Å². The van der Waals surface area contributed by atoms with Gasteiger partial charge < -0.3 is 5.11 Å². The Labute approximate surface area is 76.4 Å². The molecule has 0 aliphatic rings. The summed E-state index contributed by atoms with van der Waals surface area (Å²) in [6, 6.07) is 0. The Hall–Kier alpha value is -0.0800. The molecule has 12 heavy (non-hydrogen) atoms. The molecule has 0 amide bonds. The van der Waals surface area contributed by atoms with Crippen molar-refractivity contribution < 1.29 is 5.11 Å². The van der Waals surface area contributed by atoms with Gasteiger partial charge in [-0.2, -0.15) is 0 Å². The molecule has 0 rings (SSSR count). The molecule has 0 aromatic rings. The Kier molecular flexibility index (Phi) is 8.95. The van der Waals surface area contributed by atoms with Crippen molar-refractivity contribution in [3.05, 3.63) is 0 Å². The van der Waals surface area contributed by atoms with E-state index < -0.39 is 0 Å². The first-order chi connectivity index (χ1) is 5.81. The molecular formula is C10H23NO. The summed E-state index contributed by atoms with van der Waals surface area (Å²) in [6.45, 7) is 5.63. The zero-order chi connectivity index (χ0) is 9.23. The lowest BCUT2D eigenvalue weighted by Gasteiger charge is -2.07. The third-order valence-corrected chi connectivity index (χ3v) is 2.36. The van der Waals surface area contributed by atoms with Crippen LogP contribution in [0.4, 0.5) is 0 Å². The summed E-state index contributed by atoms with van der Waals surface area (Å²) in [5.41, 5.74) is 0. The minimum atomic E-state index is 0.116. The third kappa shape index (κ3) is 8.02. The van der Waals surface area contributed by atoms with Gasteiger partial charge in [-0.15, -0.1) is 0 Å². The van der Waals surface area contributed by atoms with Crippen LogP contribution >= 0.6 is 0 Å². The molecule has 0 saturated heterocycles. The van der Waals surface area contributed by atoms with E-state index in [9.17, 15) is 0 Å². The molecule has 1 atom stereocenters. The number of unbranched alkanes of at least 4 members (excludes halogenated alkanes) is 2. The van der Waals surface area contributed by atoms with Gasteiger partial charge in [0.15, 0.2) is 0 Å². The highest BCUT2D eigenvalue weighted by Gasteiger charge is 1.97. The van der Waals surface area contributed by atoms with Crippen molar-refractivity contribution in [2.75, 3.05) is 13.3 Å². The van der Waals surface area contributed by atoms with Crippen molar-refractivity contribution in [1.29, 1.82) is 0 Å². The normalized spacial score (nSPS) is 13.2. The molecule has 0 aliphatic carbocycles. The highest BCUT2D eigenvalue weighted by molar-refractivity contribution is 4.51. The maximum absolute atomic E-state index is 8.44. The van der Waals surface area contributed by atoms with Gasteiger partial charge in [0.1, 0.15) is 0 Å². The van der Waals surface area contributed by atoms with Gasteiger partial charge in [-0.1, -0.05) is 39.5 Å². The maximum Gasteiger partial charge on any atom is 0.0931 e. The topological polar surface area (TPSA) is 32.3 Å². The zero-order valence-corrected chi connectivity index (χ0v) is 8.47. The van der Waals surface area contributed by atoms with Gasteiger partial charge in [-0.05, 0) is 18.9 Å². The van der Waals surface area contributed by atoms with E-state index in [2.05, 4.69) is 19.2 Å². The number of hydrogen-bond acceptors (Lipinski definition) is 2. The Balaban J connectivity index is 2.90. The summed E-state index contributed by atoms with van der Waals surface area (Å²) in [4.78, 5) is 0. The predicted molar refractivity (Wildman–Crippen MR) is 53.0 cm³/mol. The van der Waals surface area contributed by atoms with Crippen LogP contribution in [0.2, 0.25) is 0 Å². The molecule has 0 aliphatic heterocycles. The molecule has 74 valence electrons. The van der Waals surface area contributed by atoms with E-state index in [1.807, 2.05) is 0 Å². The quantitative estimate of drug-likeness (QED) is 0.435. The van der Waals surface area contributed by atoms with E-state index in [1.54, 1.807) is 0 Å². The molecule has 0 aromatic heterocycles. The summed E-state index contributed by atoms with van der Waals surface area (Å²) in [5.74, 6) is 0.885. The Bertz CT molecular complexity index is 85.9. The molecule has 0 saturated carbocycles. The summed E-state index contributed by atoms with van der Waals surface area (Å²) in [6.07, 6.45) is 6.47. The van der Waals surface area contributed by atoms with Crippen molar-refractivity contribution in [2.24, 2.45) is 5.92 Å².